The number of nitrogens with two attached hydrogens (primary N) is 1. The molecule has 1 fully saturated rings. The standard InChI is InChI=1S/C13H18FN/c1-9-6-7-11(8-12(9)14)13(15)10-4-2-3-5-10/h6-8,10,13H,2-5,15H2,1H3. The normalized spacial score (nSPS) is 19.4. The van der Waals surface area contributed by atoms with Gasteiger partial charge in [-0.2, -0.15) is 0 Å². The molecule has 0 saturated heterocycles. The van der Waals surface area contributed by atoms with Gasteiger partial charge in [0.05, 0.1) is 0 Å². The summed E-state index contributed by atoms with van der Waals surface area (Å²) >= 11 is 0. The molecule has 2 N–H and O–H groups in total. The average Bonchev–Trinajstić information content (AvgIpc) is 2.74. The zero-order valence-electron chi connectivity index (χ0n) is 9.17. The zero-order chi connectivity index (χ0) is 10.8. The van der Waals surface area contributed by atoms with E-state index in [9.17, 15) is 4.39 Å². The maximum Gasteiger partial charge on any atom is 0.126 e. The minimum Gasteiger partial charge on any atom is -0.324 e. The highest BCUT2D eigenvalue weighted by atomic mass is 19.1. The van der Waals surface area contributed by atoms with E-state index in [1.54, 1.807) is 13.0 Å². The highest BCUT2D eigenvalue weighted by Gasteiger charge is 2.23. The number of rotatable bonds is 2. The van der Waals surface area contributed by atoms with E-state index in [1.165, 1.54) is 25.7 Å². The molecule has 0 heterocycles. The largest absolute Gasteiger partial charge is 0.324 e. The fourth-order valence-corrected chi connectivity index (χ4v) is 2.41. The van der Waals surface area contributed by atoms with Crippen molar-refractivity contribution in [1.82, 2.24) is 0 Å². The predicted molar refractivity (Wildman–Crippen MR) is 60.0 cm³/mol. The van der Waals surface area contributed by atoms with Gasteiger partial charge >= 0.3 is 0 Å². The van der Waals surface area contributed by atoms with Crippen molar-refractivity contribution in [3.63, 3.8) is 0 Å². The highest BCUT2D eigenvalue weighted by molar-refractivity contribution is 5.26. The summed E-state index contributed by atoms with van der Waals surface area (Å²) in [5.74, 6) is 0.410. The van der Waals surface area contributed by atoms with Gasteiger partial charge in [0, 0.05) is 6.04 Å². The molecule has 2 heteroatoms. The first-order chi connectivity index (χ1) is 7.18. The van der Waals surface area contributed by atoms with Crippen LogP contribution in [0.5, 0.6) is 0 Å². The van der Waals surface area contributed by atoms with E-state index in [0.717, 1.165) is 5.56 Å². The van der Waals surface area contributed by atoms with Gasteiger partial charge in [0.25, 0.3) is 0 Å². The van der Waals surface area contributed by atoms with Gasteiger partial charge in [-0.05, 0) is 42.9 Å². The highest BCUT2D eigenvalue weighted by Crippen LogP contribution is 2.34. The molecule has 1 nitrogen and oxygen atoms in total. The van der Waals surface area contributed by atoms with E-state index in [-0.39, 0.29) is 11.9 Å². The lowest BCUT2D eigenvalue weighted by Gasteiger charge is -2.19. The molecule has 0 aliphatic heterocycles. The number of hydrogen-bond donors (Lipinski definition) is 1. The minimum absolute atomic E-state index is 0.0163. The third-order valence-corrected chi connectivity index (χ3v) is 3.49. The van der Waals surface area contributed by atoms with Crippen LogP contribution in [0.3, 0.4) is 0 Å². The Kier molecular flexibility index (Phi) is 3.06. The van der Waals surface area contributed by atoms with Crippen LogP contribution in [0.25, 0.3) is 0 Å². The van der Waals surface area contributed by atoms with E-state index in [2.05, 4.69) is 0 Å². The van der Waals surface area contributed by atoms with Gasteiger partial charge in [-0.15, -0.1) is 0 Å². The van der Waals surface area contributed by atoms with Gasteiger partial charge in [0.15, 0.2) is 0 Å². The third kappa shape index (κ3) is 2.20. The molecule has 1 atom stereocenters. The van der Waals surface area contributed by atoms with Crippen LogP contribution < -0.4 is 5.73 Å². The second kappa shape index (κ2) is 4.31. The quantitative estimate of drug-likeness (QED) is 0.791. The summed E-state index contributed by atoms with van der Waals surface area (Å²) in [6.45, 7) is 1.78. The molecule has 1 saturated carbocycles. The molecule has 1 aliphatic carbocycles. The van der Waals surface area contributed by atoms with Gasteiger partial charge in [0.1, 0.15) is 5.82 Å². The summed E-state index contributed by atoms with van der Waals surface area (Å²) in [6, 6.07) is 5.39. The maximum absolute atomic E-state index is 13.4. The van der Waals surface area contributed by atoms with Gasteiger partial charge < -0.3 is 5.73 Å². The summed E-state index contributed by atoms with van der Waals surface area (Å²) in [7, 11) is 0. The molecule has 82 valence electrons. The van der Waals surface area contributed by atoms with E-state index in [4.69, 9.17) is 5.73 Å². The molecule has 0 amide bonds. The Hall–Kier alpha value is -0.890. The smallest absolute Gasteiger partial charge is 0.126 e. The lowest BCUT2D eigenvalue weighted by Crippen LogP contribution is -2.19. The molecule has 1 aliphatic rings. The molecule has 1 aromatic rings. The molecular weight excluding hydrogens is 189 g/mol. The third-order valence-electron chi connectivity index (χ3n) is 3.49. The summed E-state index contributed by atoms with van der Waals surface area (Å²) in [6.07, 6.45) is 4.92. The zero-order valence-corrected chi connectivity index (χ0v) is 9.17. The summed E-state index contributed by atoms with van der Waals surface area (Å²) in [4.78, 5) is 0. The first-order valence-corrected chi connectivity index (χ1v) is 5.70. The summed E-state index contributed by atoms with van der Waals surface area (Å²) in [5, 5.41) is 0. The molecule has 15 heavy (non-hydrogen) atoms. The van der Waals surface area contributed by atoms with Gasteiger partial charge in [-0.25, -0.2) is 4.39 Å². The molecule has 1 unspecified atom stereocenters. The summed E-state index contributed by atoms with van der Waals surface area (Å²) in [5.41, 5.74) is 7.79. The van der Waals surface area contributed by atoms with Crippen molar-refractivity contribution in [2.24, 2.45) is 11.7 Å². The number of aryl methyl sites for hydroxylation is 1. The van der Waals surface area contributed by atoms with Crippen LogP contribution in [-0.4, -0.2) is 0 Å². The molecule has 0 spiro atoms. The fraction of sp³-hybridized carbons (Fsp3) is 0.538. The monoisotopic (exact) mass is 207 g/mol. The predicted octanol–water partition coefficient (Wildman–Crippen LogP) is 3.32. The van der Waals surface area contributed by atoms with Crippen LogP contribution in [0.15, 0.2) is 18.2 Å². The van der Waals surface area contributed by atoms with Gasteiger partial charge in [-0.3, -0.25) is 0 Å². The molecule has 1 aromatic carbocycles. The van der Waals surface area contributed by atoms with Crippen LogP contribution in [0.1, 0.15) is 42.9 Å². The molecule has 0 aromatic heterocycles. The van der Waals surface area contributed by atoms with Gasteiger partial charge in [-0.1, -0.05) is 25.0 Å². The van der Waals surface area contributed by atoms with Crippen molar-refractivity contribution >= 4 is 0 Å². The van der Waals surface area contributed by atoms with Gasteiger partial charge in [0.2, 0.25) is 0 Å². The van der Waals surface area contributed by atoms with Crippen molar-refractivity contribution in [3.8, 4) is 0 Å². The fourth-order valence-electron chi connectivity index (χ4n) is 2.41. The molecule has 0 bridgehead atoms. The van der Waals surface area contributed by atoms with E-state index in [0.29, 0.717) is 11.5 Å². The Morgan fingerprint density at radius 3 is 2.60 bits per heavy atom. The minimum atomic E-state index is -0.138. The van der Waals surface area contributed by atoms with E-state index >= 15 is 0 Å². The average molecular weight is 207 g/mol. The second-order valence-corrected chi connectivity index (χ2v) is 4.58. The molecule has 0 radical (unpaired) electrons. The van der Waals surface area contributed by atoms with E-state index in [1.807, 2.05) is 12.1 Å². The second-order valence-electron chi connectivity index (χ2n) is 4.58. The van der Waals surface area contributed by atoms with Crippen LogP contribution in [0.4, 0.5) is 4.39 Å². The number of hydrogen-bond acceptors (Lipinski definition) is 1. The Labute approximate surface area is 90.5 Å². The lowest BCUT2D eigenvalue weighted by molar-refractivity contribution is 0.443. The Morgan fingerprint density at radius 1 is 1.33 bits per heavy atom. The number of halogens is 1. The van der Waals surface area contributed by atoms with Crippen molar-refractivity contribution in [2.45, 2.75) is 38.6 Å². The first-order valence-electron chi connectivity index (χ1n) is 5.70. The topological polar surface area (TPSA) is 26.0 Å². The number of benzene rings is 1. The van der Waals surface area contributed by atoms with Crippen LogP contribution >= 0.6 is 0 Å². The Morgan fingerprint density at radius 2 is 2.00 bits per heavy atom. The van der Waals surface area contributed by atoms with Crippen molar-refractivity contribution < 1.29 is 4.39 Å². The van der Waals surface area contributed by atoms with Crippen LogP contribution in [0.2, 0.25) is 0 Å². The SMILES string of the molecule is Cc1ccc(C(N)C2CCCC2)cc1F. The Bertz CT molecular complexity index is 342. The maximum atomic E-state index is 13.4. The van der Waals surface area contributed by atoms with Crippen molar-refractivity contribution in [3.05, 3.63) is 35.1 Å². The van der Waals surface area contributed by atoms with Crippen molar-refractivity contribution in [1.29, 1.82) is 0 Å². The molecule has 2 rings (SSSR count). The Balaban J connectivity index is 2.17. The van der Waals surface area contributed by atoms with Crippen LogP contribution in [0, 0.1) is 18.7 Å². The summed E-state index contributed by atoms with van der Waals surface area (Å²) < 4.78 is 13.4. The van der Waals surface area contributed by atoms with E-state index < -0.39 is 0 Å². The lowest BCUT2D eigenvalue weighted by atomic mass is 9.92. The van der Waals surface area contributed by atoms with Crippen LogP contribution in [-0.2, 0) is 0 Å². The molecular formula is C13H18FN. The van der Waals surface area contributed by atoms with Crippen molar-refractivity contribution in [2.75, 3.05) is 0 Å². The first kappa shape index (κ1) is 10.6.